The zero-order chi connectivity index (χ0) is 22.5. The predicted octanol–water partition coefficient (Wildman–Crippen LogP) is 4.05. The molecule has 0 aliphatic carbocycles. The lowest BCUT2D eigenvalue weighted by molar-refractivity contribution is -0.169. The van der Waals surface area contributed by atoms with Crippen LogP contribution in [0.1, 0.15) is 36.5 Å². The second kappa shape index (κ2) is 9.82. The minimum Gasteiger partial charge on any atom is -0.372 e. The van der Waals surface area contributed by atoms with Crippen molar-refractivity contribution in [2.24, 2.45) is 0 Å². The average molecular weight is 435 g/mol. The highest BCUT2D eigenvalue weighted by Gasteiger charge is 2.15. The van der Waals surface area contributed by atoms with E-state index in [1.165, 1.54) is 29.6 Å². The van der Waals surface area contributed by atoms with E-state index < -0.39 is 5.91 Å². The maximum atomic E-state index is 12.3. The van der Waals surface area contributed by atoms with Crippen molar-refractivity contribution < 1.29 is 10.0 Å². The Hall–Kier alpha value is -3.39. The van der Waals surface area contributed by atoms with E-state index >= 15 is 0 Å². The fourth-order valence-corrected chi connectivity index (χ4v) is 3.95. The molecule has 0 spiro atoms. The second-order valence-corrected chi connectivity index (χ2v) is 8.23. The van der Waals surface area contributed by atoms with E-state index in [9.17, 15) is 10.0 Å². The highest BCUT2D eigenvalue weighted by molar-refractivity contribution is 5.74. The van der Waals surface area contributed by atoms with Gasteiger partial charge in [-0.2, -0.15) is 5.10 Å². The Morgan fingerprint density at radius 2 is 1.62 bits per heavy atom. The van der Waals surface area contributed by atoms with Crippen LogP contribution in [0.4, 0.5) is 17.1 Å². The SMILES string of the molecule is Cc1nc(C)n(CC(=O)N(O)Cc2ccc(Nc3ccc(N4CCCCC4)cc3)cc2)n1. The molecule has 1 aliphatic heterocycles. The van der Waals surface area contributed by atoms with Crippen molar-refractivity contribution in [3.8, 4) is 0 Å². The van der Waals surface area contributed by atoms with E-state index in [1.54, 1.807) is 13.8 Å². The van der Waals surface area contributed by atoms with Gasteiger partial charge >= 0.3 is 0 Å². The molecule has 1 aliphatic rings. The molecule has 3 aromatic rings. The van der Waals surface area contributed by atoms with Crippen LogP contribution in [0.15, 0.2) is 48.5 Å². The smallest absolute Gasteiger partial charge is 0.268 e. The topological polar surface area (TPSA) is 86.5 Å². The van der Waals surface area contributed by atoms with Gasteiger partial charge in [-0.1, -0.05) is 12.1 Å². The number of nitrogens with one attached hydrogen (secondary N) is 1. The van der Waals surface area contributed by atoms with Crippen molar-refractivity contribution >= 4 is 23.0 Å². The van der Waals surface area contributed by atoms with E-state index in [0.29, 0.717) is 11.6 Å². The van der Waals surface area contributed by atoms with E-state index in [4.69, 9.17) is 0 Å². The average Bonchev–Trinajstić information content (AvgIpc) is 3.12. The highest BCUT2D eigenvalue weighted by Crippen LogP contribution is 2.24. The van der Waals surface area contributed by atoms with Crippen LogP contribution in [0, 0.1) is 13.8 Å². The van der Waals surface area contributed by atoms with Crippen LogP contribution in [0.5, 0.6) is 0 Å². The molecule has 0 atom stereocenters. The van der Waals surface area contributed by atoms with Crippen LogP contribution in [0.2, 0.25) is 0 Å². The molecule has 8 heteroatoms. The number of amides is 1. The van der Waals surface area contributed by atoms with E-state index in [0.717, 1.165) is 35.1 Å². The fourth-order valence-electron chi connectivity index (χ4n) is 3.95. The number of piperidine rings is 1. The first-order valence-electron chi connectivity index (χ1n) is 11.1. The molecule has 0 bridgehead atoms. The first kappa shape index (κ1) is 21.8. The molecule has 0 radical (unpaired) electrons. The van der Waals surface area contributed by atoms with Gasteiger partial charge in [-0.3, -0.25) is 10.0 Å². The predicted molar refractivity (Wildman–Crippen MR) is 124 cm³/mol. The summed E-state index contributed by atoms with van der Waals surface area (Å²) in [6.07, 6.45) is 3.86. The van der Waals surface area contributed by atoms with Crippen molar-refractivity contribution in [1.29, 1.82) is 0 Å². The Morgan fingerprint density at radius 1 is 1.00 bits per heavy atom. The van der Waals surface area contributed by atoms with Crippen LogP contribution >= 0.6 is 0 Å². The molecule has 2 aromatic carbocycles. The molecule has 8 nitrogen and oxygen atoms in total. The first-order valence-corrected chi connectivity index (χ1v) is 11.1. The second-order valence-electron chi connectivity index (χ2n) is 8.23. The van der Waals surface area contributed by atoms with Gasteiger partial charge in [0.25, 0.3) is 5.91 Å². The van der Waals surface area contributed by atoms with Gasteiger partial charge in [-0.05, 0) is 75.1 Å². The molecule has 1 fully saturated rings. The number of hydroxylamine groups is 2. The summed E-state index contributed by atoms with van der Waals surface area (Å²) in [6.45, 7) is 5.88. The highest BCUT2D eigenvalue weighted by atomic mass is 16.5. The van der Waals surface area contributed by atoms with Gasteiger partial charge in [0.2, 0.25) is 0 Å². The maximum Gasteiger partial charge on any atom is 0.268 e. The zero-order valence-electron chi connectivity index (χ0n) is 18.7. The molecule has 168 valence electrons. The number of rotatable bonds is 7. The number of nitrogens with zero attached hydrogens (tertiary/aromatic N) is 5. The standard InChI is InChI=1S/C24H30N6O2/c1-18-25-19(2)29(27-18)17-24(31)30(32)16-20-6-8-21(9-7-20)26-22-10-12-23(13-11-22)28-14-4-3-5-15-28/h6-13,26,32H,3-5,14-17H2,1-2H3. The van der Waals surface area contributed by atoms with Gasteiger partial charge in [-0.15, -0.1) is 0 Å². The lowest BCUT2D eigenvalue weighted by Gasteiger charge is -2.28. The molecular formula is C24H30N6O2. The Balaban J connectivity index is 1.30. The molecule has 4 rings (SSSR count). The van der Waals surface area contributed by atoms with Crippen LogP contribution in [0.3, 0.4) is 0 Å². The molecule has 0 unspecified atom stereocenters. The molecule has 1 aromatic heterocycles. The number of aryl methyl sites for hydroxylation is 2. The lowest BCUT2D eigenvalue weighted by atomic mass is 10.1. The Morgan fingerprint density at radius 3 is 2.22 bits per heavy atom. The van der Waals surface area contributed by atoms with Crippen LogP contribution in [-0.4, -0.2) is 44.0 Å². The van der Waals surface area contributed by atoms with E-state index in [1.807, 2.05) is 24.3 Å². The van der Waals surface area contributed by atoms with Crippen molar-refractivity contribution in [3.05, 3.63) is 65.7 Å². The minimum atomic E-state index is -0.436. The summed E-state index contributed by atoms with van der Waals surface area (Å²) in [6, 6.07) is 16.2. The van der Waals surface area contributed by atoms with Crippen molar-refractivity contribution in [2.75, 3.05) is 23.3 Å². The fraction of sp³-hybridized carbons (Fsp3) is 0.375. The van der Waals surface area contributed by atoms with Crippen LogP contribution in [-0.2, 0) is 17.9 Å². The van der Waals surface area contributed by atoms with Crippen molar-refractivity contribution in [1.82, 2.24) is 19.8 Å². The summed E-state index contributed by atoms with van der Waals surface area (Å²) >= 11 is 0. The number of hydrogen-bond donors (Lipinski definition) is 2. The third-order valence-corrected chi connectivity index (χ3v) is 5.70. The number of carbonyl (C=O) groups excluding carboxylic acids is 1. The van der Waals surface area contributed by atoms with Gasteiger partial charge < -0.3 is 10.2 Å². The Bertz CT molecular complexity index is 1040. The van der Waals surface area contributed by atoms with Gasteiger partial charge in [0.05, 0.1) is 6.54 Å². The molecular weight excluding hydrogens is 404 g/mol. The minimum absolute atomic E-state index is 0.0454. The maximum absolute atomic E-state index is 12.3. The molecule has 1 saturated heterocycles. The molecule has 0 saturated carbocycles. The largest absolute Gasteiger partial charge is 0.372 e. The number of aromatic nitrogens is 3. The van der Waals surface area contributed by atoms with Crippen molar-refractivity contribution in [3.63, 3.8) is 0 Å². The van der Waals surface area contributed by atoms with E-state index in [-0.39, 0.29) is 13.1 Å². The first-order chi connectivity index (χ1) is 15.5. The third-order valence-electron chi connectivity index (χ3n) is 5.70. The summed E-state index contributed by atoms with van der Waals surface area (Å²) in [4.78, 5) is 18.9. The van der Waals surface area contributed by atoms with E-state index in [2.05, 4.69) is 44.6 Å². The number of anilines is 3. The Kier molecular flexibility index (Phi) is 6.70. The number of carbonyl (C=O) groups is 1. The lowest BCUT2D eigenvalue weighted by Crippen LogP contribution is -2.31. The monoisotopic (exact) mass is 434 g/mol. The van der Waals surface area contributed by atoms with Gasteiger partial charge in [0.15, 0.2) is 0 Å². The number of benzene rings is 2. The summed E-state index contributed by atoms with van der Waals surface area (Å²) in [7, 11) is 0. The summed E-state index contributed by atoms with van der Waals surface area (Å²) in [5.74, 6) is 0.807. The number of hydrogen-bond acceptors (Lipinski definition) is 6. The van der Waals surface area contributed by atoms with Crippen LogP contribution < -0.4 is 10.2 Å². The van der Waals surface area contributed by atoms with Gasteiger partial charge in [-0.25, -0.2) is 14.7 Å². The molecule has 2 heterocycles. The molecule has 1 amide bonds. The molecule has 2 N–H and O–H groups in total. The third kappa shape index (κ3) is 5.45. The zero-order valence-corrected chi connectivity index (χ0v) is 18.7. The quantitative estimate of drug-likeness (QED) is 0.431. The summed E-state index contributed by atoms with van der Waals surface area (Å²) < 4.78 is 1.49. The Labute approximate surface area is 188 Å². The normalized spacial score (nSPS) is 13.8. The van der Waals surface area contributed by atoms with Gasteiger partial charge in [0.1, 0.15) is 18.2 Å². The van der Waals surface area contributed by atoms with Crippen LogP contribution in [0.25, 0.3) is 0 Å². The van der Waals surface area contributed by atoms with Gasteiger partial charge in [0, 0.05) is 30.2 Å². The molecule has 32 heavy (non-hydrogen) atoms. The van der Waals surface area contributed by atoms with Crippen molar-refractivity contribution in [2.45, 2.75) is 46.2 Å². The summed E-state index contributed by atoms with van der Waals surface area (Å²) in [5, 5.41) is 18.4. The summed E-state index contributed by atoms with van der Waals surface area (Å²) in [5.41, 5.74) is 4.08.